The molecule has 1 saturated carbocycles. The number of halogens is 2. The van der Waals surface area contributed by atoms with Gasteiger partial charge in [-0.3, -0.25) is 4.79 Å². The van der Waals surface area contributed by atoms with Crippen molar-refractivity contribution >= 4 is 34.9 Å². The number of aromatic nitrogens is 2. The fourth-order valence-electron chi connectivity index (χ4n) is 5.85. The van der Waals surface area contributed by atoms with Crippen LogP contribution in [0.5, 0.6) is 0 Å². The third-order valence-electron chi connectivity index (χ3n) is 7.72. The minimum Gasteiger partial charge on any atom is -0.363 e. The van der Waals surface area contributed by atoms with Crippen LogP contribution in [0.4, 0.5) is 5.82 Å². The summed E-state index contributed by atoms with van der Waals surface area (Å²) in [5, 5.41) is 9.39. The third kappa shape index (κ3) is 3.28. The van der Waals surface area contributed by atoms with Gasteiger partial charge in [-0.25, -0.2) is 4.68 Å². The van der Waals surface area contributed by atoms with Crippen molar-refractivity contribution < 1.29 is 4.79 Å². The molecular weight excluding hydrogens is 455 g/mol. The molecule has 7 heteroatoms. The van der Waals surface area contributed by atoms with Crippen molar-refractivity contribution in [2.24, 2.45) is 5.92 Å². The molecule has 1 N–H and O–H groups in total. The lowest BCUT2D eigenvalue weighted by atomic mass is 9.89. The molecule has 3 aliphatic rings. The zero-order chi connectivity index (χ0) is 23.0. The zero-order valence-electron chi connectivity index (χ0n) is 18.7. The molecule has 170 valence electrons. The topological polar surface area (TPSA) is 50.2 Å². The smallest absolute Gasteiger partial charge is 0.259 e. The first-order chi connectivity index (χ1) is 15.8. The van der Waals surface area contributed by atoms with Crippen molar-refractivity contribution in [2.45, 2.75) is 43.7 Å². The first-order valence-electron chi connectivity index (χ1n) is 11.4. The molecule has 1 aliphatic carbocycles. The molecule has 6 rings (SSSR count). The summed E-state index contributed by atoms with van der Waals surface area (Å²) in [5.41, 5.74) is 2.84. The van der Waals surface area contributed by atoms with E-state index in [1.54, 1.807) is 6.20 Å². The summed E-state index contributed by atoms with van der Waals surface area (Å²) in [7, 11) is 0. The first kappa shape index (κ1) is 21.1. The highest BCUT2D eigenvalue weighted by molar-refractivity contribution is 6.42. The number of benzene rings is 2. The fraction of sp³-hybridized carbons (Fsp3) is 0.385. The quantitative estimate of drug-likeness (QED) is 0.507. The zero-order valence-corrected chi connectivity index (χ0v) is 20.2. The van der Waals surface area contributed by atoms with Crippen LogP contribution in [0.15, 0.2) is 54.7 Å². The Morgan fingerprint density at radius 1 is 1.09 bits per heavy atom. The number of fused-ring (bicyclic) bond motifs is 2. The average molecular weight is 481 g/mol. The van der Waals surface area contributed by atoms with Gasteiger partial charge in [-0.05, 0) is 55.9 Å². The van der Waals surface area contributed by atoms with Gasteiger partial charge in [0.25, 0.3) is 5.91 Å². The minimum absolute atomic E-state index is 0.00358. The standard InChI is InChI=1S/C26H26Cl2N4O/c1-25(2)12-22(16-6-4-3-5-7-16)30-23-19(13-29-32(23)25)24(33)31-14-18-11-26(18,15-31)17-8-9-20(27)21(28)10-17/h3-10,13,18,22,30H,11-12,14-15H2,1-2H3/t18?,22-,26+/m1/s1. The van der Waals surface area contributed by atoms with Crippen LogP contribution in [0, 0.1) is 5.92 Å². The van der Waals surface area contributed by atoms with Gasteiger partial charge in [-0.2, -0.15) is 5.10 Å². The Balaban J connectivity index is 1.28. The molecule has 1 aromatic heterocycles. The lowest BCUT2D eigenvalue weighted by molar-refractivity contribution is 0.0772. The lowest BCUT2D eigenvalue weighted by Gasteiger charge is -2.38. The Kier molecular flexibility index (Phi) is 4.63. The number of rotatable bonds is 3. The predicted octanol–water partition coefficient (Wildman–Crippen LogP) is 5.90. The highest BCUT2D eigenvalue weighted by atomic mass is 35.5. The van der Waals surface area contributed by atoms with E-state index in [4.69, 9.17) is 23.2 Å². The van der Waals surface area contributed by atoms with E-state index in [9.17, 15) is 4.79 Å². The minimum atomic E-state index is -0.200. The van der Waals surface area contributed by atoms with Crippen molar-refractivity contribution in [3.05, 3.63) is 81.5 Å². The number of hydrogen-bond acceptors (Lipinski definition) is 3. The van der Waals surface area contributed by atoms with Gasteiger partial charge in [0, 0.05) is 18.5 Å². The number of piperidine rings is 1. The molecule has 2 aromatic carbocycles. The number of carbonyl (C=O) groups is 1. The molecule has 33 heavy (non-hydrogen) atoms. The van der Waals surface area contributed by atoms with Gasteiger partial charge in [-0.15, -0.1) is 0 Å². The van der Waals surface area contributed by atoms with Crippen LogP contribution >= 0.6 is 23.2 Å². The maximum atomic E-state index is 13.7. The summed E-state index contributed by atoms with van der Waals surface area (Å²) >= 11 is 12.4. The van der Waals surface area contributed by atoms with Gasteiger partial charge < -0.3 is 10.2 Å². The molecule has 1 amide bonds. The average Bonchev–Trinajstić information content (AvgIpc) is 3.14. The SMILES string of the molecule is CC1(C)C[C@H](c2ccccc2)Nc2c(C(=O)N3CC4C[C@@]4(c4ccc(Cl)c(Cl)c4)C3)cnn21. The number of likely N-dealkylation sites (tertiary alicyclic amines) is 1. The molecule has 2 fully saturated rings. The van der Waals surface area contributed by atoms with E-state index in [1.165, 1.54) is 11.1 Å². The van der Waals surface area contributed by atoms with Gasteiger partial charge in [0.2, 0.25) is 0 Å². The Hall–Kier alpha value is -2.50. The molecule has 0 radical (unpaired) electrons. The van der Waals surface area contributed by atoms with Gasteiger partial charge in [0.1, 0.15) is 11.4 Å². The lowest BCUT2D eigenvalue weighted by Crippen LogP contribution is -2.39. The highest BCUT2D eigenvalue weighted by Gasteiger charge is 2.62. The number of anilines is 1. The summed E-state index contributed by atoms with van der Waals surface area (Å²) in [5.74, 6) is 1.32. The number of nitrogens with zero attached hydrogens (tertiary/aromatic N) is 3. The summed E-state index contributed by atoms with van der Waals surface area (Å²) in [4.78, 5) is 15.7. The Morgan fingerprint density at radius 2 is 1.88 bits per heavy atom. The van der Waals surface area contributed by atoms with Gasteiger partial charge in [0.05, 0.1) is 27.8 Å². The maximum absolute atomic E-state index is 13.7. The normalized spacial score (nSPS) is 27.0. The highest BCUT2D eigenvalue weighted by Crippen LogP contribution is 2.59. The van der Waals surface area contributed by atoms with Gasteiger partial charge in [0.15, 0.2) is 0 Å². The summed E-state index contributed by atoms with van der Waals surface area (Å²) in [6, 6.07) is 16.4. The van der Waals surface area contributed by atoms with E-state index in [0.717, 1.165) is 25.2 Å². The predicted molar refractivity (Wildman–Crippen MR) is 131 cm³/mol. The molecule has 2 aliphatic heterocycles. The van der Waals surface area contributed by atoms with Crippen molar-refractivity contribution in [3.8, 4) is 0 Å². The molecule has 0 spiro atoms. The van der Waals surface area contributed by atoms with Crippen molar-refractivity contribution in [1.29, 1.82) is 0 Å². The second-order valence-electron chi connectivity index (χ2n) is 10.3. The summed E-state index contributed by atoms with van der Waals surface area (Å²) < 4.78 is 1.98. The second kappa shape index (κ2) is 7.25. The van der Waals surface area contributed by atoms with Crippen molar-refractivity contribution in [1.82, 2.24) is 14.7 Å². The Labute approximate surface area is 203 Å². The van der Waals surface area contributed by atoms with Gasteiger partial charge >= 0.3 is 0 Å². The summed E-state index contributed by atoms with van der Waals surface area (Å²) in [6.45, 7) is 5.82. The van der Waals surface area contributed by atoms with E-state index in [0.29, 0.717) is 28.1 Å². The second-order valence-corrected chi connectivity index (χ2v) is 11.1. The van der Waals surface area contributed by atoms with Crippen LogP contribution in [0.3, 0.4) is 0 Å². The van der Waals surface area contributed by atoms with Crippen LogP contribution < -0.4 is 5.32 Å². The Bertz CT molecular complexity index is 1250. The summed E-state index contributed by atoms with van der Waals surface area (Å²) in [6.07, 6.45) is 3.71. The first-order valence-corrected chi connectivity index (χ1v) is 12.2. The molecule has 5 nitrogen and oxygen atoms in total. The number of carbonyl (C=O) groups excluding carboxylic acids is 1. The van der Waals surface area contributed by atoms with E-state index in [-0.39, 0.29) is 22.9 Å². The van der Waals surface area contributed by atoms with Crippen LogP contribution in [-0.4, -0.2) is 33.7 Å². The number of amides is 1. The fourth-order valence-corrected chi connectivity index (χ4v) is 6.15. The van der Waals surface area contributed by atoms with Gasteiger partial charge in [-0.1, -0.05) is 59.6 Å². The van der Waals surface area contributed by atoms with Crippen LogP contribution in [0.1, 0.15) is 54.2 Å². The van der Waals surface area contributed by atoms with Crippen molar-refractivity contribution in [2.75, 3.05) is 18.4 Å². The van der Waals surface area contributed by atoms with E-state index in [1.807, 2.05) is 27.8 Å². The monoisotopic (exact) mass is 480 g/mol. The maximum Gasteiger partial charge on any atom is 0.259 e. The molecular formula is C26H26Cl2N4O. The number of hydrogen-bond donors (Lipinski definition) is 1. The third-order valence-corrected chi connectivity index (χ3v) is 8.46. The van der Waals surface area contributed by atoms with Crippen molar-refractivity contribution in [3.63, 3.8) is 0 Å². The molecule has 1 unspecified atom stereocenters. The molecule has 1 saturated heterocycles. The Morgan fingerprint density at radius 3 is 2.64 bits per heavy atom. The molecule has 3 aromatic rings. The number of nitrogens with one attached hydrogen (secondary N) is 1. The van der Waals surface area contributed by atoms with E-state index < -0.39 is 0 Å². The van der Waals surface area contributed by atoms with Crippen LogP contribution in [0.25, 0.3) is 0 Å². The van der Waals surface area contributed by atoms with Crippen LogP contribution in [-0.2, 0) is 11.0 Å². The van der Waals surface area contributed by atoms with E-state index >= 15 is 0 Å². The largest absolute Gasteiger partial charge is 0.363 e. The molecule has 3 heterocycles. The van der Waals surface area contributed by atoms with Crippen LogP contribution in [0.2, 0.25) is 10.0 Å². The molecule has 0 bridgehead atoms. The molecule has 3 atom stereocenters. The van der Waals surface area contributed by atoms with E-state index in [2.05, 4.69) is 54.6 Å².